The molecular weight excluding hydrogens is 250 g/mol. The van der Waals surface area contributed by atoms with Gasteiger partial charge >= 0.3 is 0 Å². The number of alkyl halides is 1. The van der Waals surface area contributed by atoms with Crippen LogP contribution in [0.3, 0.4) is 0 Å². The zero-order valence-electron chi connectivity index (χ0n) is 10.0. The lowest BCUT2D eigenvalue weighted by Gasteiger charge is -2.24. The lowest BCUT2D eigenvalue weighted by atomic mass is 10.1. The van der Waals surface area contributed by atoms with Crippen LogP contribution in [0.4, 0.5) is 0 Å². The second kappa shape index (κ2) is 5.74. The van der Waals surface area contributed by atoms with Crippen LogP contribution in [-0.4, -0.2) is 29.8 Å². The van der Waals surface area contributed by atoms with Gasteiger partial charge in [0.1, 0.15) is 11.3 Å². The average molecular weight is 264 g/mol. The molecule has 1 aromatic carbocycles. The van der Waals surface area contributed by atoms with E-state index in [0.29, 0.717) is 5.56 Å². The molecule has 1 unspecified atom stereocenters. The van der Waals surface area contributed by atoms with Gasteiger partial charge in [0.25, 0.3) is 0 Å². The Hall–Kier alpha value is -1.74. The van der Waals surface area contributed by atoms with E-state index in [2.05, 4.69) is 0 Å². The lowest BCUT2D eigenvalue weighted by molar-refractivity contribution is 0.0955. The molecule has 0 bridgehead atoms. The fraction of sp³-hybridized carbons (Fsp3) is 0.214. The van der Waals surface area contributed by atoms with Crippen LogP contribution in [0.1, 0.15) is 10.4 Å². The molecule has 0 aromatic heterocycles. The molecule has 4 heteroatoms. The molecule has 1 aliphatic rings. The Balaban J connectivity index is 2.03. The third-order valence-corrected chi connectivity index (χ3v) is 3.11. The summed E-state index contributed by atoms with van der Waals surface area (Å²) in [6.07, 6.45) is 7.38. The normalized spacial score (nSPS) is 17.9. The van der Waals surface area contributed by atoms with E-state index < -0.39 is 0 Å². The predicted molar refractivity (Wildman–Crippen MR) is 72.0 cm³/mol. The van der Waals surface area contributed by atoms with Gasteiger partial charge in [-0.2, -0.15) is 0 Å². The molecule has 0 radical (unpaired) electrons. The van der Waals surface area contributed by atoms with Gasteiger partial charge in [-0.3, -0.25) is 4.79 Å². The summed E-state index contributed by atoms with van der Waals surface area (Å²) in [5, 5.41) is 0. The molecule has 1 aliphatic heterocycles. The van der Waals surface area contributed by atoms with Gasteiger partial charge in [0.15, 0.2) is 5.78 Å². The molecule has 0 spiro atoms. The van der Waals surface area contributed by atoms with Gasteiger partial charge in [0, 0.05) is 11.8 Å². The maximum Gasteiger partial charge on any atom is 0.182 e. The van der Waals surface area contributed by atoms with Gasteiger partial charge in [-0.25, -0.2) is 0 Å². The second-order valence-corrected chi connectivity index (χ2v) is 4.37. The smallest absolute Gasteiger partial charge is 0.182 e. The molecule has 2 rings (SSSR count). The van der Waals surface area contributed by atoms with E-state index in [1.165, 1.54) is 0 Å². The predicted octanol–water partition coefficient (Wildman–Crippen LogP) is 2.83. The molecule has 0 saturated heterocycles. The number of hydrogen-bond donors (Lipinski definition) is 0. The first-order chi connectivity index (χ1) is 8.70. The van der Waals surface area contributed by atoms with Gasteiger partial charge in [0.2, 0.25) is 0 Å². The maximum atomic E-state index is 12.1. The Morgan fingerprint density at radius 1 is 1.33 bits per heavy atom. The first-order valence-corrected chi connectivity index (χ1v) is 6.06. The number of carbonyl (C=O) groups excluding carboxylic acids is 1. The molecule has 0 amide bonds. The SMILES string of the molecule is COc1ccc(C(=O)CN2C=CC=CC2Cl)cc1. The Labute approximate surface area is 111 Å². The molecular formula is C14H14ClNO2. The van der Waals surface area contributed by atoms with E-state index in [1.54, 1.807) is 36.3 Å². The van der Waals surface area contributed by atoms with E-state index in [-0.39, 0.29) is 17.8 Å². The topological polar surface area (TPSA) is 29.5 Å². The largest absolute Gasteiger partial charge is 0.497 e. The minimum Gasteiger partial charge on any atom is -0.497 e. The number of methoxy groups -OCH3 is 1. The van der Waals surface area contributed by atoms with Crippen molar-refractivity contribution in [2.24, 2.45) is 0 Å². The van der Waals surface area contributed by atoms with Crippen molar-refractivity contribution in [1.29, 1.82) is 0 Å². The Kier molecular flexibility index (Phi) is 4.05. The number of nitrogens with zero attached hydrogens (tertiary/aromatic N) is 1. The Morgan fingerprint density at radius 3 is 2.67 bits per heavy atom. The van der Waals surface area contributed by atoms with Gasteiger partial charge in [0.05, 0.1) is 13.7 Å². The van der Waals surface area contributed by atoms with Gasteiger partial charge < -0.3 is 9.64 Å². The fourth-order valence-corrected chi connectivity index (χ4v) is 1.90. The van der Waals surface area contributed by atoms with Crippen molar-refractivity contribution in [3.8, 4) is 5.75 Å². The number of Topliss-reactive ketones (excluding diaryl/α,β-unsaturated/α-hetero) is 1. The van der Waals surface area contributed by atoms with Crippen LogP contribution in [0.25, 0.3) is 0 Å². The monoisotopic (exact) mass is 263 g/mol. The van der Waals surface area contributed by atoms with Crippen molar-refractivity contribution in [3.63, 3.8) is 0 Å². The summed E-state index contributed by atoms with van der Waals surface area (Å²) in [6.45, 7) is 0.265. The maximum absolute atomic E-state index is 12.1. The average Bonchev–Trinajstić information content (AvgIpc) is 2.41. The van der Waals surface area contributed by atoms with Crippen LogP contribution < -0.4 is 4.74 Å². The van der Waals surface area contributed by atoms with Gasteiger partial charge in [-0.05, 0) is 36.4 Å². The zero-order chi connectivity index (χ0) is 13.0. The molecule has 3 nitrogen and oxygen atoms in total. The summed E-state index contributed by atoms with van der Waals surface area (Å²) >= 11 is 6.08. The molecule has 0 saturated carbocycles. The third kappa shape index (κ3) is 2.93. The Morgan fingerprint density at radius 2 is 2.06 bits per heavy atom. The summed E-state index contributed by atoms with van der Waals surface area (Å²) in [6, 6.07) is 7.07. The Bertz CT molecular complexity index is 479. The lowest BCUT2D eigenvalue weighted by Crippen LogP contribution is -2.31. The number of benzene rings is 1. The molecule has 0 fully saturated rings. The highest BCUT2D eigenvalue weighted by molar-refractivity contribution is 6.21. The molecule has 1 aromatic rings. The van der Waals surface area contributed by atoms with Crippen LogP contribution in [0.5, 0.6) is 5.75 Å². The first kappa shape index (κ1) is 12.7. The number of hydrogen-bond acceptors (Lipinski definition) is 3. The summed E-state index contributed by atoms with van der Waals surface area (Å²) < 4.78 is 5.05. The van der Waals surface area contributed by atoms with Gasteiger partial charge in [-0.1, -0.05) is 17.7 Å². The number of allylic oxidation sites excluding steroid dienone is 2. The van der Waals surface area contributed by atoms with E-state index in [1.807, 2.05) is 24.4 Å². The van der Waals surface area contributed by atoms with Crippen molar-refractivity contribution in [1.82, 2.24) is 4.90 Å². The molecule has 1 atom stereocenters. The number of rotatable bonds is 4. The highest BCUT2D eigenvalue weighted by Gasteiger charge is 2.16. The third-order valence-electron chi connectivity index (χ3n) is 2.71. The second-order valence-electron chi connectivity index (χ2n) is 3.92. The summed E-state index contributed by atoms with van der Waals surface area (Å²) in [5.41, 5.74) is 0.389. The van der Waals surface area contributed by atoms with E-state index in [9.17, 15) is 4.79 Å². The summed E-state index contributed by atoms with van der Waals surface area (Å²) in [5.74, 6) is 0.769. The van der Waals surface area contributed by atoms with E-state index in [4.69, 9.17) is 16.3 Å². The minimum atomic E-state index is -0.266. The van der Waals surface area contributed by atoms with Crippen LogP contribution in [-0.2, 0) is 0 Å². The van der Waals surface area contributed by atoms with Crippen molar-refractivity contribution in [2.45, 2.75) is 5.50 Å². The van der Waals surface area contributed by atoms with E-state index >= 15 is 0 Å². The highest BCUT2D eigenvalue weighted by Crippen LogP contribution is 2.15. The molecule has 0 N–H and O–H groups in total. The van der Waals surface area contributed by atoms with Crippen molar-refractivity contribution in [2.75, 3.05) is 13.7 Å². The van der Waals surface area contributed by atoms with E-state index in [0.717, 1.165) is 5.75 Å². The van der Waals surface area contributed by atoms with Crippen LogP contribution in [0, 0.1) is 0 Å². The summed E-state index contributed by atoms with van der Waals surface area (Å²) in [7, 11) is 1.60. The minimum absolute atomic E-state index is 0.0308. The van der Waals surface area contributed by atoms with Crippen molar-refractivity contribution >= 4 is 17.4 Å². The van der Waals surface area contributed by atoms with Crippen LogP contribution >= 0.6 is 11.6 Å². The standard InChI is InChI=1S/C14H14ClNO2/c1-18-12-7-5-11(6-8-12)13(17)10-16-9-3-2-4-14(16)15/h2-9,14H,10H2,1H3. The van der Waals surface area contributed by atoms with Crippen molar-refractivity contribution in [3.05, 3.63) is 54.3 Å². The first-order valence-electron chi connectivity index (χ1n) is 5.63. The highest BCUT2D eigenvalue weighted by atomic mass is 35.5. The van der Waals surface area contributed by atoms with Crippen molar-refractivity contribution < 1.29 is 9.53 Å². The molecule has 0 aliphatic carbocycles. The molecule has 94 valence electrons. The summed E-state index contributed by atoms with van der Waals surface area (Å²) in [4.78, 5) is 13.8. The van der Waals surface area contributed by atoms with Crippen LogP contribution in [0.15, 0.2) is 48.7 Å². The van der Waals surface area contributed by atoms with Crippen LogP contribution in [0.2, 0.25) is 0 Å². The quantitative estimate of drug-likeness (QED) is 0.475. The number of ether oxygens (including phenoxy) is 1. The van der Waals surface area contributed by atoms with Gasteiger partial charge in [-0.15, -0.1) is 0 Å². The number of carbonyl (C=O) groups is 1. The number of ketones is 1. The number of halogens is 1. The zero-order valence-corrected chi connectivity index (χ0v) is 10.8. The molecule has 18 heavy (non-hydrogen) atoms. The fourth-order valence-electron chi connectivity index (χ4n) is 1.68. The molecule has 1 heterocycles.